The zero-order valence-electron chi connectivity index (χ0n) is 16.5. The predicted molar refractivity (Wildman–Crippen MR) is 109 cm³/mol. The lowest BCUT2D eigenvalue weighted by Crippen LogP contribution is -2.41. The molecule has 6 heteroatoms. The Hall–Kier alpha value is -1.63. The number of likely N-dealkylation sites (tertiary alicyclic amines) is 1. The summed E-state index contributed by atoms with van der Waals surface area (Å²) in [5.41, 5.74) is 2.53. The quantitative estimate of drug-likeness (QED) is 0.502. The van der Waals surface area contributed by atoms with Crippen LogP contribution in [-0.2, 0) is 17.8 Å². The van der Waals surface area contributed by atoms with Gasteiger partial charge in [-0.1, -0.05) is 24.3 Å². The Balaban J connectivity index is 1.47. The Morgan fingerprint density at radius 2 is 1.89 bits per heavy atom. The van der Waals surface area contributed by atoms with Crippen LogP contribution in [0.2, 0.25) is 0 Å². The van der Waals surface area contributed by atoms with Gasteiger partial charge in [-0.3, -0.25) is 4.90 Å². The number of nitrogens with zero attached hydrogens (tertiary/aromatic N) is 2. The van der Waals surface area contributed by atoms with Gasteiger partial charge in [0, 0.05) is 39.3 Å². The minimum absolute atomic E-state index is 0.110. The van der Waals surface area contributed by atoms with Crippen molar-refractivity contribution in [1.82, 2.24) is 15.5 Å². The highest BCUT2D eigenvalue weighted by molar-refractivity contribution is 5.79. The Kier molecular flexibility index (Phi) is 7.93. The van der Waals surface area contributed by atoms with Crippen molar-refractivity contribution < 1.29 is 9.84 Å². The van der Waals surface area contributed by atoms with E-state index in [0.29, 0.717) is 12.6 Å². The fourth-order valence-electron chi connectivity index (χ4n) is 3.61. The number of benzene rings is 1. The Morgan fingerprint density at radius 3 is 2.56 bits per heavy atom. The molecule has 2 saturated heterocycles. The molecule has 0 aromatic heterocycles. The van der Waals surface area contributed by atoms with Crippen LogP contribution in [-0.4, -0.2) is 61.0 Å². The maximum Gasteiger partial charge on any atom is 0.191 e. The lowest BCUT2D eigenvalue weighted by Gasteiger charge is -2.29. The van der Waals surface area contributed by atoms with Crippen molar-refractivity contribution in [1.29, 1.82) is 0 Å². The number of ether oxygens (including phenoxy) is 1. The van der Waals surface area contributed by atoms with Crippen LogP contribution < -0.4 is 10.6 Å². The second-order valence-electron chi connectivity index (χ2n) is 7.53. The number of aliphatic hydroxyl groups is 1. The number of aliphatic hydroxyl groups excluding tert-OH is 1. The van der Waals surface area contributed by atoms with Crippen LogP contribution in [0.15, 0.2) is 29.3 Å². The number of nitrogens with one attached hydrogen (secondary N) is 2. The first-order chi connectivity index (χ1) is 13.2. The van der Waals surface area contributed by atoms with E-state index in [9.17, 15) is 5.11 Å². The summed E-state index contributed by atoms with van der Waals surface area (Å²) in [5.74, 6) is 0.851. The minimum Gasteiger partial charge on any atom is -0.393 e. The van der Waals surface area contributed by atoms with Gasteiger partial charge in [-0.25, -0.2) is 4.99 Å². The molecule has 0 bridgehead atoms. The molecular formula is C21H34N4O2. The molecule has 1 aromatic rings. The molecule has 0 amide bonds. The van der Waals surface area contributed by atoms with Crippen LogP contribution >= 0.6 is 0 Å². The lowest BCUT2D eigenvalue weighted by atomic mass is 10.1. The van der Waals surface area contributed by atoms with E-state index >= 15 is 0 Å². The molecule has 0 spiro atoms. The first-order valence-electron chi connectivity index (χ1n) is 10.3. The van der Waals surface area contributed by atoms with Gasteiger partial charge < -0.3 is 20.5 Å². The molecule has 0 aliphatic carbocycles. The predicted octanol–water partition coefficient (Wildman–Crippen LogP) is 1.88. The Morgan fingerprint density at radius 1 is 1.15 bits per heavy atom. The van der Waals surface area contributed by atoms with Gasteiger partial charge in [0.2, 0.25) is 0 Å². The molecule has 150 valence electrons. The molecule has 27 heavy (non-hydrogen) atoms. The maximum absolute atomic E-state index is 9.61. The van der Waals surface area contributed by atoms with E-state index < -0.39 is 0 Å². The average molecular weight is 375 g/mol. The number of rotatable bonds is 7. The van der Waals surface area contributed by atoms with Crippen molar-refractivity contribution in [3.05, 3.63) is 35.4 Å². The summed E-state index contributed by atoms with van der Waals surface area (Å²) < 4.78 is 5.66. The van der Waals surface area contributed by atoms with Crippen molar-refractivity contribution in [2.75, 3.05) is 32.8 Å². The molecule has 3 rings (SSSR count). The summed E-state index contributed by atoms with van der Waals surface area (Å²) >= 11 is 0. The van der Waals surface area contributed by atoms with Crippen LogP contribution in [0.5, 0.6) is 0 Å². The fourth-order valence-corrected chi connectivity index (χ4v) is 3.61. The van der Waals surface area contributed by atoms with Crippen molar-refractivity contribution in [3.63, 3.8) is 0 Å². The van der Waals surface area contributed by atoms with Crippen molar-refractivity contribution in [3.8, 4) is 0 Å². The molecule has 2 fully saturated rings. The summed E-state index contributed by atoms with van der Waals surface area (Å²) in [5, 5.41) is 16.3. The molecule has 1 unspecified atom stereocenters. The third kappa shape index (κ3) is 6.79. The lowest BCUT2D eigenvalue weighted by molar-refractivity contribution is 0.0792. The minimum atomic E-state index is -0.110. The zero-order valence-corrected chi connectivity index (χ0v) is 16.5. The van der Waals surface area contributed by atoms with Crippen LogP contribution in [0.1, 0.15) is 43.7 Å². The molecule has 1 atom stereocenters. The summed E-state index contributed by atoms with van der Waals surface area (Å²) in [7, 11) is 0. The second kappa shape index (κ2) is 10.6. The van der Waals surface area contributed by atoms with E-state index in [-0.39, 0.29) is 6.10 Å². The van der Waals surface area contributed by atoms with Crippen molar-refractivity contribution >= 4 is 5.96 Å². The fraction of sp³-hybridized carbons (Fsp3) is 0.667. The van der Waals surface area contributed by atoms with E-state index in [2.05, 4.69) is 46.7 Å². The summed E-state index contributed by atoms with van der Waals surface area (Å²) in [6.07, 6.45) is 4.26. The summed E-state index contributed by atoms with van der Waals surface area (Å²) in [6.45, 7) is 8.21. The molecule has 2 aliphatic rings. The van der Waals surface area contributed by atoms with Crippen LogP contribution in [0.3, 0.4) is 0 Å². The van der Waals surface area contributed by atoms with Gasteiger partial charge in [-0.2, -0.15) is 0 Å². The van der Waals surface area contributed by atoms with E-state index in [0.717, 1.165) is 71.0 Å². The smallest absolute Gasteiger partial charge is 0.191 e. The van der Waals surface area contributed by atoms with Gasteiger partial charge in [-0.05, 0) is 43.7 Å². The highest BCUT2D eigenvalue weighted by Crippen LogP contribution is 2.14. The third-order valence-corrected chi connectivity index (χ3v) is 5.27. The number of hydrogen-bond donors (Lipinski definition) is 3. The van der Waals surface area contributed by atoms with Gasteiger partial charge in [-0.15, -0.1) is 0 Å². The number of piperidine rings is 1. The van der Waals surface area contributed by atoms with Crippen LogP contribution in [0.25, 0.3) is 0 Å². The molecule has 3 N–H and O–H groups in total. The van der Waals surface area contributed by atoms with Gasteiger partial charge in [0.05, 0.1) is 18.8 Å². The third-order valence-electron chi connectivity index (χ3n) is 5.27. The molecule has 2 aliphatic heterocycles. The second-order valence-corrected chi connectivity index (χ2v) is 7.53. The number of guanidine groups is 1. The van der Waals surface area contributed by atoms with Gasteiger partial charge in [0.25, 0.3) is 0 Å². The Bertz CT molecular complexity index is 576. The monoisotopic (exact) mass is 374 g/mol. The van der Waals surface area contributed by atoms with Gasteiger partial charge >= 0.3 is 0 Å². The van der Waals surface area contributed by atoms with Gasteiger partial charge in [0.15, 0.2) is 5.96 Å². The number of hydrogen-bond acceptors (Lipinski definition) is 4. The molecule has 0 radical (unpaired) electrons. The average Bonchev–Trinajstić information content (AvgIpc) is 3.21. The van der Waals surface area contributed by atoms with Crippen molar-refractivity contribution in [2.45, 2.75) is 57.9 Å². The number of aliphatic imine (C=N–C) groups is 1. The molecule has 1 aromatic carbocycles. The van der Waals surface area contributed by atoms with Crippen molar-refractivity contribution in [2.24, 2.45) is 4.99 Å². The Labute approximate surface area is 163 Å². The highest BCUT2D eigenvalue weighted by Gasteiger charge is 2.17. The van der Waals surface area contributed by atoms with Crippen LogP contribution in [0.4, 0.5) is 0 Å². The molecule has 2 heterocycles. The standard InChI is InChI=1S/C21H34N4O2/c1-2-22-21(24-15-20-4-3-13-27-20)23-14-17-5-7-18(8-6-17)16-25-11-9-19(26)10-12-25/h5-8,19-20,26H,2-4,9-16H2,1H3,(H2,22,23,24). The summed E-state index contributed by atoms with van der Waals surface area (Å²) in [4.78, 5) is 7.11. The zero-order chi connectivity index (χ0) is 18.9. The van der Waals surface area contributed by atoms with E-state index in [1.165, 1.54) is 11.1 Å². The van der Waals surface area contributed by atoms with E-state index in [1.807, 2.05) is 0 Å². The largest absolute Gasteiger partial charge is 0.393 e. The first-order valence-corrected chi connectivity index (χ1v) is 10.3. The molecular weight excluding hydrogens is 340 g/mol. The normalized spacial score (nSPS) is 22.1. The van der Waals surface area contributed by atoms with Gasteiger partial charge in [0.1, 0.15) is 0 Å². The van der Waals surface area contributed by atoms with E-state index in [4.69, 9.17) is 9.73 Å². The summed E-state index contributed by atoms with van der Waals surface area (Å²) in [6, 6.07) is 8.73. The molecule has 6 nitrogen and oxygen atoms in total. The first kappa shape index (κ1) is 20.1. The maximum atomic E-state index is 9.61. The SMILES string of the molecule is CCNC(=NCc1ccc(CN2CCC(O)CC2)cc1)NCC1CCCO1. The highest BCUT2D eigenvalue weighted by atomic mass is 16.5. The topological polar surface area (TPSA) is 69.1 Å². The molecule has 0 saturated carbocycles. The van der Waals surface area contributed by atoms with E-state index in [1.54, 1.807) is 0 Å². The van der Waals surface area contributed by atoms with Crippen LogP contribution in [0, 0.1) is 0 Å².